The molecule has 3 rings (SSSR count). The molecule has 1 aromatic carbocycles. The molecule has 0 N–H and O–H groups in total. The Kier molecular flexibility index (Phi) is 2.28. The highest BCUT2D eigenvalue weighted by molar-refractivity contribution is 5.58. The van der Waals surface area contributed by atoms with Crippen LogP contribution in [0, 0.1) is 5.92 Å². The van der Waals surface area contributed by atoms with Crippen molar-refractivity contribution < 1.29 is 0 Å². The second-order valence-electron chi connectivity index (χ2n) is 4.70. The Hall–Kier alpha value is -1.57. The summed E-state index contributed by atoms with van der Waals surface area (Å²) >= 11 is 0. The lowest BCUT2D eigenvalue weighted by atomic mass is 10.0. The first kappa shape index (κ1) is 9.64. The van der Waals surface area contributed by atoms with Crippen LogP contribution in [0.4, 0.5) is 0 Å². The SMILES string of the molecule is C[C@H]1CCc2nc(-c3ccccc3)cn2C1. The van der Waals surface area contributed by atoms with E-state index in [-0.39, 0.29) is 0 Å². The second-order valence-corrected chi connectivity index (χ2v) is 4.70. The Bertz CT molecular complexity index is 485. The predicted molar refractivity (Wildman–Crippen MR) is 65.1 cm³/mol. The van der Waals surface area contributed by atoms with E-state index in [0.29, 0.717) is 0 Å². The third kappa shape index (κ3) is 1.64. The molecule has 0 saturated heterocycles. The van der Waals surface area contributed by atoms with Crippen LogP contribution in [0.1, 0.15) is 19.2 Å². The van der Waals surface area contributed by atoms with Crippen molar-refractivity contribution in [2.24, 2.45) is 5.92 Å². The van der Waals surface area contributed by atoms with Gasteiger partial charge < -0.3 is 4.57 Å². The lowest BCUT2D eigenvalue weighted by molar-refractivity contribution is 0.394. The van der Waals surface area contributed by atoms with Crippen LogP contribution in [0.25, 0.3) is 11.3 Å². The molecule has 0 bridgehead atoms. The molecule has 0 amide bonds. The number of aryl methyl sites for hydroxylation is 1. The van der Waals surface area contributed by atoms with E-state index < -0.39 is 0 Å². The average Bonchev–Trinajstić information content (AvgIpc) is 2.73. The first-order valence-electron chi connectivity index (χ1n) is 5.94. The molecule has 2 nitrogen and oxygen atoms in total. The van der Waals surface area contributed by atoms with Gasteiger partial charge in [0.25, 0.3) is 0 Å². The Morgan fingerprint density at radius 2 is 2.06 bits per heavy atom. The van der Waals surface area contributed by atoms with E-state index in [1.54, 1.807) is 0 Å². The number of aromatic nitrogens is 2. The Balaban J connectivity index is 1.99. The number of imidazole rings is 1. The van der Waals surface area contributed by atoms with Crippen LogP contribution in [0.2, 0.25) is 0 Å². The molecule has 1 aromatic heterocycles. The topological polar surface area (TPSA) is 17.8 Å². The number of fused-ring (bicyclic) bond motifs is 1. The van der Waals surface area contributed by atoms with Gasteiger partial charge in [-0.3, -0.25) is 0 Å². The van der Waals surface area contributed by atoms with Crippen LogP contribution in [-0.2, 0) is 13.0 Å². The molecule has 0 radical (unpaired) electrons. The van der Waals surface area contributed by atoms with E-state index in [1.165, 1.54) is 17.8 Å². The summed E-state index contributed by atoms with van der Waals surface area (Å²) in [5.74, 6) is 2.03. The summed E-state index contributed by atoms with van der Waals surface area (Å²) in [5.41, 5.74) is 2.33. The molecular weight excluding hydrogens is 196 g/mol. The first-order valence-corrected chi connectivity index (χ1v) is 5.94. The summed E-state index contributed by atoms with van der Waals surface area (Å²) in [4.78, 5) is 4.72. The van der Waals surface area contributed by atoms with Crippen LogP contribution in [0.15, 0.2) is 36.5 Å². The normalized spacial score (nSPS) is 19.4. The summed E-state index contributed by atoms with van der Waals surface area (Å²) in [6.07, 6.45) is 4.58. The van der Waals surface area contributed by atoms with Crippen molar-refractivity contribution in [1.82, 2.24) is 9.55 Å². The number of hydrogen-bond donors (Lipinski definition) is 0. The van der Waals surface area contributed by atoms with E-state index in [0.717, 1.165) is 24.6 Å². The molecule has 1 atom stereocenters. The maximum absolute atomic E-state index is 4.72. The van der Waals surface area contributed by atoms with E-state index in [1.807, 2.05) is 6.07 Å². The fraction of sp³-hybridized carbons (Fsp3) is 0.357. The molecule has 2 heterocycles. The first-order chi connectivity index (χ1) is 7.83. The minimum absolute atomic E-state index is 0.783. The Labute approximate surface area is 95.9 Å². The van der Waals surface area contributed by atoms with Crippen molar-refractivity contribution in [3.63, 3.8) is 0 Å². The molecule has 82 valence electrons. The molecule has 16 heavy (non-hydrogen) atoms. The number of hydrogen-bond acceptors (Lipinski definition) is 1. The highest BCUT2D eigenvalue weighted by atomic mass is 15.1. The summed E-state index contributed by atoms with van der Waals surface area (Å²) in [5, 5.41) is 0. The smallest absolute Gasteiger partial charge is 0.109 e. The van der Waals surface area contributed by atoms with Gasteiger partial charge in [0.05, 0.1) is 5.69 Å². The van der Waals surface area contributed by atoms with Gasteiger partial charge in [-0.15, -0.1) is 0 Å². The lowest BCUT2D eigenvalue weighted by Gasteiger charge is -2.19. The average molecular weight is 212 g/mol. The zero-order valence-corrected chi connectivity index (χ0v) is 9.56. The van der Waals surface area contributed by atoms with Crippen molar-refractivity contribution in [1.29, 1.82) is 0 Å². The predicted octanol–water partition coefficient (Wildman–Crippen LogP) is 3.13. The third-order valence-electron chi connectivity index (χ3n) is 3.30. The highest BCUT2D eigenvalue weighted by Crippen LogP contribution is 2.24. The van der Waals surface area contributed by atoms with Gasteiger partial charge in [-0.1, -0.05) is 37.3 Å². The zero-order chi connectivity index (χ0) is 11.0. The molecule has 1 aliphatic rings. The van der Waals surface area contributed by atoms with E-state index >= 15 is 0 Å². The van der Waals surface area contributed by atoms with Crippen LogP contribution < -0.4 is 0 Å². The largest absolute Gasteiger partial charge is 0.334 e. The van der Waals surface area contributed by atoms with Gasteiger partial charge in [0, 0.05) is 24.7 Å². The molecule has 1 aliphatic heterocycles. The fourth-order valence-electron chi connectivity index (χ4n) is 2.36. The fourth-order valence-corrected chi connectivity index (χ4v) is 2.36. The van der Waals surface area contributed by atoms with E-state index in [9.17, 15) is 0 Å². The monoisotopic (exact) mass is 212 g/mol. The van der Waals surface area contributed by atoms with Gasteiger partial charge >= 0.3 is 0 Å². The summed E-state index contributed by atoms with van der Waals surface area (Å²) in [6.45, 7) is 3.43. The van der Waals surface area contributed by atoms with Crippen LogP contribution in [0.5, 0.6) is 0 Å². The Morgan fingerprint density at radius 3 is 2.88 bits per heavy atom. The van der Waals surface area contributed by atoms with Crippen molar-refractivity contribution in [3.05, 3.63) is 42.4 Å². The molecule has 0 aliphatic carbocycles. The molecule has 2 aromatic rings. The van der Waals surface area contributed by atoms with Crippen molar-refractivity contribution in [2.45, 2.75) is 26.3 Å². The van der Waals surface area contributed by atoms with Crippen molar-refractivity contribution >= 4 is 0 Å². The van der Waals surface area contributed by atoms with E-state index in [4.69, 9.17) is 4.98 Å². The van der Waals surface area contributed by atoms with Gasteiger partial charge in [-0.25, -0.2) is 4.98 Å². The van der Waals surface area contributed by atoms with E-state index in [2.05, 4.69) is 42.0 Å². The highest BCUT2D eigenvalue weighted by Gasteiger charge is 2.17. The molecule has 0 saturated carbocycles. The molecule has 2 heteroatoms. The molecule has 0 spiro atoms. The zero-order valence-electron chi connectivity index (χ0n) is 9.56. The van der Waals surface area contributed by atoms with Crippen LogP contribution >= 0.6 is 0 Å². The quantitative estimate of drug-likeness (QED) is 0.710. The summed E-state index contributed by atoms with van der Waals surface area (Å²) < 4.78 is 2.32. The minimum Gasteiger partial charge on any atom is -0.334 e. The second kappa shape index (κ2) is 3.78. The van der Waals surface area contributed by atoms with Crippen molar-refractivity contribution in [2.75, 3.05) is 0 Å². The third-order valence-corrected chi connectivity index (χ3v) is 3.30. The van der Waals surface area contributed by atoms with Gasteiger partial charge in [0.1, 0.15) is 5.82 Å². The van der Waals surface area contributed by atoms with Crippen LogP contribution in [-0.4, -0.2) is 9.55 Å². The number of rotatable bonds is 1. The standard InChI is InChI=1S/C14H16N2/c1-11-7-8-14-15-13(10-16(14)9-11)12-5-3-2-4-6-12/h2-6,10-11H,7-9H2,1H3/t11-/m0/s1. The van der Waals surface area contributed by atoms with Gasteiger partial charge in [0.2, 0.25) is 0 Å². The molecule has 0 fully saturated rings. The van der Waals surface area contributed by atoms with Gasteiger partial charge in [-0.05, 0) is 12.3 Å². The van der Waals surface area contributed by atoms with Crippen LogP contribution in [0.3, 0.4) is 0 Å². The molecular formula is C14H16N2. The summed E-state index contributed by atoms with van der Waals surface area (Å²) in [7, 11) is 0. The number of nitrogens with zero attached hydrogens (tertiary/aromatic N) is 2. The minimum atomic E-state index is 0.783. The summed E-state index contributed by atoms with van der Waals surface area (Å²) in [6, 6.07) is 10.4. The Morgan fingerprint density at radius 1 is 1.25 bits per heavy atom. The maximum Gasteiger partial charge on any atom is 0.109 e. The van der Waals surface area contributed by atoms with Gasteiger partial charge in [-0.2, -0.15) is 0 Å². The lowest BCUT2D eigenvalue weighted by Crippen LogP contribution is -2.17. The van der Waals surface area contributed by atoms with Gasteiger partial charge in [0.15, 0.2) is 0 Å². The van der Waals surface area contributed by atoms with Crippen molar-refractivity contribution in [3.8, 4) is 11.3 Å². The molecule has 0 unspecified atom stereocenters. The maximum atomic E-state index is 4.72. The number of benzene rings is 1.